The van der Waals surface area contributed by atoms with Gasteiger partial charge < -0.3 is 10.2 Å². The SMILES string of the molecule is Cl.O=C(N1CCC2CCC(C1)N2)C1(c2cccc(Br)c2)CC1. The third-order valence-electron chi connectivity index (χ3n) is 5.35. The molecule has 22 heavy (non-hydrogen) atoms. The van der Waals surface area contributed by atoms with Gasteiger partial charge in [0, 0.05) is 29.6 Å². The van der Waals surface area contributed by atoms with E-state index in [0.29, 0.717) is 18.0 Å². The Hall–Kier alpha value is -0.580. The molecule has 3 nitrogen and oxygen atoms in total. The number of fused-ring (bicyclic) bond motifs is 2. The minimum atomic E-state index is -0.229. The van der Waals surface area contributed by atoms with E-state index in [4.69, 9.17) is 0 Å². The van der Waals surface area contributed by atoms with Crippen molar-refractivity contribution >= 4 is 34.2 Å². The monoisotopic (exact) mass is 384 g/mol. The Morgan fingerprint density at radius 3 is 2.73 bits per heavy atom. The number of hydrogen-bond acceptors (Lipinski definition) is 2. The Bertz CT molecular complexity index is 576. The zero-order chi connectivity index (χ0) is 14.4. The van der Waals surface area contributed by atoms with Crippen molar-refractivity contribution in [2.45, 2.75) is 49.6 Å². The summed E-state index contributed by atoms with van der Waals surface area (Å²) < 4.78 is 1.07. The Morgan fingerprint density at radius 2 is 2.00 bits per heavy atom. The van der Waals surface area contributed by atoms with Gasteiger partial charge >= 0.3 is 0 Å². The average molecular weight is 386 g/mol. The summed E-state index contributed by atoms with van der Waals surface area (Å²) in [4.78, 5) is 15.2. The lowest BCUT2D eigenvalue weighted by Gasteiger charge is -2.29. The molecule has 2 atom stereocenters. The van der Waals surface area contributed by atoms with Crippen LogP contribution in [0.2, 0.25) is 0 Å². The van der Waals surface area contributed by atoms with Gasteiger partial charge in [0.05, 0.1) is 5.41 Å². The molecular weight excluding hydrogens is 364 g/mol. The zero-order valence-corrected chi connectivity index (χ0v) is 15.0. The average Bonchev–Trinajstić information content (AvgIpc) is 3.19. The topological polar surface area (TPSA) is 32.3 Å². The molecule has 5 heteroatoms. The van der Waals surface area contributed by atoms with Gasteiger partial charge in [-0.05, 0) is 49.8 Å². The van der Waals surface area contributed by atoms with Crippen LogP contribution < -0.4 is 5.32 Å². The maximum Gasteiger partial charge on any atom is 0.233 e. The van der Waals surface area contributed by atoms with Crippen LogP contribution in [-0.2, 0) is 10.2 Å². The Kier molecular flexibility index (Phi) is 4.54. The van der Waals surface area contributed by atoms with Crippen molar-refractivity contribution in [1.29, 1.82) is 0 Å². The number of halogens is 2. The number of rotatable bonds is 2. The van der Waals surface area contributed by atoms with Crippen LogP contribution in [0.3, 0.4) is 0 Å². The van der Waals surface area contributed by atoms with Crippen molar-refractivity contribution in [3.05, 3.63) is 34.3 Å². The molecule has 120 valence electrons. The van der Waals surface area contributed by atoms with Crippen LogP contribution in [0.1, 0.15) is 37.7 Å². The molecule has 2 aliphatic heterocycles. The zero-order valence-electron chi connectivity index (χ0n) is 12.6. The predicted molar refractivity (Wildman–Crippen MR) is 93.4 cm³/mol. The highest BCUT2D eigenvalue weighted by Crippen LogP contribution is 2.50. The van der Waals surface area contributed by atoms with Gasteiger partial charge in [0.1, 0.15) is 0 Å². The van der Waals surface area contributed by atoms with E-state index >= 15 is 0 Å². The molecule has 1 aromatic carbocycles. The highest BCUT2D eigenvalue weighted by atomic mass is 79.9. The summed E-state index contributed by atoms with van der Waals surface area (Å²) in [6, 6.07) is 9.44. The highest BCUT2D eigenvalue weighted by molar-refractivity contribution is 9.10. The molecule has 0 aromatic heterocycles. The van der Waals surface area contributed by atoms with Crippen molar-refractivity contribution in [2.75, 3.05) is 13.1 Å². The van der Waals surface area contributed by atoms with Crippen molar-refractivity contribution in [3.8, 4) is 0 Å². The summed E-state index contributed by atoms with van der Waals surface area (Å²) in [6.45, 7) is 1.81. The second-order valence-electron chi connectivity index (χ2n) is 6.77. The van der Waals surface area contributed by atoms with Crippen LogP contribution in [0.4, 0.5) is 0 Å². The fourth-order valence-electron chi connectivity index (χ4n) is 3.97. The van der Waals surface area contributed by atoms with E-state index in [9.17, 15) is 4.79 Å². The molecular formula is C17H22BrClN2O. The number of nitrogens with zero attached hydrogens (tertiary/aromatic N) is 1. The quantitative estimate of drug-likeness (QED) is 0.847. The molecule has 2 unspecified atom stereocenters. The number of amides is 1. The van der Waals surface area contributed by atoms with Crippen LogP contribution in [0.5, 0.6) is 0 Å². The molecule has 2 saturated heterocycles. The molecule has 1 saturated carbocycles. The first kappa shape index (κ1) is 16.3. The summed E-state index contributed by atoms with van der Waals surface area (Å²) in [5, 5.41) is 3.66. The van der Waals surface area contributed by atoms with Gasteiger partial charge in [0.25, 0.3) is 0 Å². The summed E-state index contributed by atoms with van der Waals surface area (Å²) in [7, 11) is 0. The lowest BCUT2D eigenvalue weighted by molar-refractivity contribution is -0.134. The maximum atomic E-state index is 13.1. The first-order valence-corrected chi connectivity index (χ1v) is 8.78. The fraction of sp³-hybridized carbons (Fsp3) is 0.588. The standard InChI is InChI=1S/C17H21BrN2O.ClH/c18-13-3-1-2-12(10-13)17(7-8-17)16(21)20-9-6-14-4-5-15(11-20)19-14;/h1-3,10,14-15,19H,4-9,11H2;1H. The number of hydrogen-bond donors (Lipinski definition) is 1. The molecule has 2 heterocycles. The fourth-order valence-corrected chi connectivity index (χ4v) is 4.37. The Morgan fingerprint density at radius 1 is 1.23 bits per heavy atom. The van der Waals surface area contributed by atoms with E-state index in [-0.39, 0.29) is 17.8 Å². The van der Waals surface area contributed by atoms with Crippen LogP contribution in [0.25, 0.3) is 0 Å². The van der Waals surface area contributed by atoms with Gasteiger partial charge in [0.15, 0.2) is 0 Å². The minimum Gasteiger partial charge on any atom is -0.340 e. The maximum absolute atomic E-state index is 13.1. The lowest BCUT2D eigenvalue weighted by Crippen LogP contribution is -2.44. The second-order valence-corrected chi connectivity index (χ2v) is 7.69. The second kappa shape index (κ2) is 6.14. The van der Waals surface area contributed by atoms with Crippen LogP contribution in [-0.4, -0.2) is 36.0 Å². The summed E-state index contributed by atoms with van der Waals surface area (Å²) >= 11 is 3.53. The van der Waals surface area contributed by atoms with E-state index in [1.165, 1.54) is 18.4 Å². The molecule has 2 bridgehead atoms. The first-order valence-electron chi connectivity index (χ1n) is 7.99. The molecule has 3 fully saturated rings. The van der Waals surface area contributed by atoms with E-state index < -0.39 is 0 Å². The third-order valence-corrected chi connectivity index (χ3v) is 5.84. The summed E-state index contributed by atoms with van der Waals surface area (Å²) in [6.07, 6.45) is 5.61. The molecule has 1 N–H and O–H groups in total. The lowest BCUT2D eigenvalue weighted by atomic mass is 9.93. The number of carbonyl (C=O) groups is 1. The summed E-state index contributed by atoms with van der Waals surface area (Å²) in [5.41, 5.74) is 0.956. The normalized spacial score (nSPS) is 28.7. The van der Waals surface area contributed by atoms with Gasteiger partial charge in [-0.15, -0.1) is 12.4 Å². The number of carbonyl (C=O) groups excluding carboxylic acids is 1. The van der Waals surface area contributed by atoms with Gasteiger partial charge in [0.2, 0.25) is 5.91 Å². The van der Waals surface area contributed by atoms with Gasteiger partial charge in [-0.2, -0.15) is 0 Å². The minimum absolute atomic E-state index is 0. The molecule has 1 aromatic rings. The molecule has 0 spiro atoms. The first-order chi connectivity index (χ1) is 10.2. The number of nitrogens with one attached hydrogen (secondary N) is 1. The van der Waals surface area contributed by atoms with Crippen molar-refractivity contribution < 1.29 is 4.79 Å². The summed E-state index contributed by atoms with van der Waals surface area (Å²) in [5.74, 6) is 0.356. The largest absolute Gasteiger partial charge is 0.340 e. The molecule has 3 aliphatic rings. The predicted octanol–water partition coefficient (Wildman–Crippen LogP) is 3.26. The molecule has 1 aliphatic carbocycles. The van der Waals surface area contributed by atoms with Gasteiger partial charge in [-0.25, -0.2) is 0 Å². The number of benzene rings is 1. The van der Waals surface area contributed by atoms with Crippen molar-refractivity contribution in [2.24, 2.45) is 0 Å². The van der Waals surface area contributed by atoms with E-state index in [2.05, 4.69) is 38.3 Å². The Labute approximate surface area is 146 Å². The van der Waals surface area contributed by atoms with Crippen LogP contribution >= 0.6 is 28.3 Å². The van der Waals surface area contributed by atoms with E-state index in [0.717, 1.165) is 36.8 Å². The Balaban J connectivity index is 0.00000144. The van der Waals surface area contributed by atoms with Crippen molar-refractivity contribution in [1.82, 2.24) is 10.2 Å². The molecule has 1 amide bonds. The van der Waals surface area contributed by atoms with Gasteiger partial charge in [-0.3, -0.25) is 4.79 Å². The van der Waals surface area contributed by atoms with E-state index in [1.807, 2.05) is 12.1 Å². The van der Waals surface area contributed by atoms with Crippen LogP contribution in [0, 0.1) is 0 Å². The number of likely N-dealkylation sites (tertiary alicyclic amines) is 1. The van der Waals surface area contributed by atoms with Crippen LogP contribution in [0.15, 0.2) is 28.7 Å². The van der Waals surface area contributed by atoms with E-state index in [1.54, 1.807) is 0 Å². The highest BCUT2D eigenvalue weighted by Gasteiger charge is 2.53. The molecule has 0 radical (unpaired) electrons. The smallest absolute Gasteiger partial charge is 0.233 e. The third kappa shape index (κ3) is 2.81. The van der Waals surface area contributed by atoms with Crippen molar-refractivity contribution in [3.63, 3.8) is 0 Å². The van der Waals surface area contributed by atoms with Gasteiger partial charge in [-0.1, -0.05) is 28.1 Å². The molecule has 4 rings (SSSR count).